The highest BCUT2D eigenvalue weighted by Gasteiger charge is 2.60. The summed E-state index contributed by atoms with van der Waals surface area (Å²) < 4.78 is -0.0859. The molecule has 1 aromatic carbocycles. The second kappa shape index (κ2) is 4.57. The van der Waals surface area contributed by atoms with E-state index in [1.807, 2.05) is 0 Å². The Kier molecular flexibility index (Phi) is 3.66. The van der Waals surface area contributed by atoms with Gasteiger partial charge >= 0.3 is 0 Å². The van der Waals surface area contributed by atoms with Gasteiger partial charge in [-0.25, -0.2) is 0 Å². The smallest absolute Gasteiger partial charge is 0.0871 e. The van der Waals surface area contributed by atoms with Gasteiger partial charge in [-0.3, -0.25) is 0 Å². The van der Waals surface area contributed by atoms with Crippen molar-refractivity contribution in [3.05, 3.63) is 35.4 Å². The first-order valence-corrected chi connectivity index (χ1v) is 9.68. The Morgan fingerprint density at radius 2 is 1.47 bits per heavy atom. The molecule has 0 aliphatic heterocycles. The lowest BCUT2D eigenvalue weighted by Crippen LogP contribution is -2.56. The minimum absolute atomic E-state index is 0.0859. The zero-order chi connectivity index (χ0) is 12.4. The molecule has 1 fully saturated rings. The fourth-order valence-corrected chi connectivity index (χ4v) is 8.55. The van der Waals surface area contributed by atoms with Gasteiger partial charge in [0.05, 0.1) is 0 Å². The highest BCUT2D eigenvalue weighted by atomic mass is 79.9. The summed E-state index contributed by atoms with van der Waals surface area (Å²) in [7, 11) is 0. The Morgan fingerprint density at radius 1 is 0.882 bits per heavy atom. The number of alkyl halides is 5. The summed E-state index contributed by atoms with van der Waals surface area (Å²) in [6.45, 7) is 0. The molecule has 0 nitrogen and oxygen atoms in total. The molecule has 5 heteroatoms. The van der Waals surface area contributed by atoms with E-state index < -0.39 is 0 Å². The van der Waals surface area contributed by atoms with Crippen LogP contribution in [0.4, 0.5) is 0 Å². The van der Waals surface area contributed by atoms with E-state index in [4.69, 9.17) is 0 Å². The van der Waals surface area contributed by atoms with Crippen LogP contribution in [0.15, 0.2) is 24.3 Å². The molecule has 4 rings (SSSR count). The molecule has 1 saturated carbocycles. The molecule has 0 unspecified atom stereocenters. The van der Waals surface area contributed by atoms with Gasteiger partial charge in [0.2, 0.25) is 0 Å². The average molecular weight is 553 g/mol. The maximum atomic E-state index is 3.87. The summed E-state index contributed by atoms with van der Waals surface area (Å²) in [6.07, 6.45) is 0. The number of halogens is 5. The largest absolute Gasteiger partial charge is 0.101 e. The van der Waals surface area contributed by atoms with Crippen LogP contribution in [-0.2, 0) is 0 Å². The molecule has 0 N–H and O–H groups in total. The average Bonchev–Trinajstić information content (AvgIpc) is 2.28. The molecule has 5 atom stereocenters. The van der Waals surface area contributed by atoms with Crippen LogP contribution in [0, 0.1) is 0 Å². The molecule has 17 heavy (non-hydrogen) atoms. The van der Waals surface area contributed by atoms with Crippen molar-refractivity contribution in [2.75, 3.05) is 0 Å². The summed E-state index contributed by atoms with van der Waals surface area (Å²) in [5, 5.41) is 0. The fourth-order valence-electron chi connectivity index (χ4n) is 2.97. The predicted octanol–water partition coefficient (Wildman–Crippen LogP) is 5.66. The third kappa shape index (κ3) is 1.82. The van der Waals surface area contributed by atoms with Gasteiger partial charge in [-0.05, 0) is 11.1 Å². The van der Waals surface area contributed by atoms with Crippen molar-refractivity contribution < 1.29 is 0 Å². The lowest BCUT2D eigenvalue weighted by Gasteiger charge is -2.55. The SMILES string of the molecule is Br[C@H]1[C@H](Br)[C@@H]2c3ccccc3[C@H]1[C@@H](Br)C2(Br)Br. The normalized spacial score (nSPS) is 42.3. The molecule has 1 aromatic rings. The first kappa shape index (κ1) is 13.6. The second-order valence-corrected chi connectivity index (χ2v) is 11.4. The van der Waals surface area contributed by atoms with E-state index >= 15 is 0 Å². The van der Waals surface area contributed by atoms with Gasteiger partial charge in [-0.2, -0.15) is 0 Å². The van der Waals surface area contributed by atoms with Crippen molar-refractivity contribution in [3.8, 4) is 0 Å². The van der Waals surface area contributed by atoms with Crippen molar-refractivity contribution in [2.45, 2.75) is 29.6 Å². The second-order valence-electron chi connectivity index (χ2n) is 4.60. The molecule has 92 valence electrons. The predicted molar refractivity (Wildman–Crippen MR) is 90.7 cm³/mol. The van der Waals surface area contributed by atoms with E-state index in [0.717, 1.165) is 0 Å². The number of rotatable bonds is 0. The first-order valence-electron chi connectivity index (χ1n) is 5.35. The minimum atomic E-state index is -0.0859. The van der Waals surface area contributed by atoms with Gasteiger partial charge < -0.3 is 0 Å². The van der Waals surface area contributed by atoms with E-state index in [0.29, 0.717) is 26.3 Å². The van der Waals surface area contributed by atoms with Crippen LogP contribution in [0.25, 0.3) is 0 Å². The van der Waals surface area contributed by atoms with E-state index in [1.165, 1.54) is 11.1 Å². The van der Waals surface area contributed by atoms with Gasteiger partial charge in [0, 0.05) is 26.3 Å². The molecule has 0 saturated heterocycles. The van der Waals surface area contributed by atoms with Crippen LogP contribution >= 0.6 is 79.6 Å². The van der Waals surface area contributed by atoms with Crippen LogP contribution in [0.1, 0.15) is 23.0 Å². The van der Waals surface area contributed by atoms with Crippen LogP contribution in [0.2, 0.25) is 0 Å². The number of benzene rings is 1. The highest BCUT2D eigenvalue weighted by molar-refractivity contribution is 9.26. The monoisotopic (exact) mass is 548 g/mol. The van der Waals surface area contributed by atoms with Gasteiger partial charge in [-0.15, -0.1) is 0 Å². The first-order chi connectivity index (χ1) is 7.96. The highest BCUT2D eigenvalue weighted by Crippen LogP contribution is 2.65. The van der Waals surface area contributed by atoms with Crippen LogP contribution in [0.3, 0.4) is 0 Å². The molecule has 0 aromatic heterocycles. The molecule has 0 amide bonds. The Hall–Kier alpha value is 1.62. The van der Waals surface area contributed by atoms with Crippen molar-refractivity contribution in [3.63, 3.8) is 0 Å². The lowest BCUT2D eigenvalue weighted by molar-refractivity contribution is 0.402. The third-order valence-electron chi connectivity index (χ3n) is 3.75. The van der Waals surface area contributed by atoms with Gasteiger partial charge in [0.1, 0.15) is 3.23 Å². The van der Waals surface area contributed by atoms with Gasteiger partial charge in [0.15, 0.2) is 0 Å². The van der Waals surface area contributed by atoms with E-state index in [1.54, 1.807) is 0 Å². The van der Waals surface area contributed by atoms with Crippen molar-refractivity contribution in [2.24, 2.45) is 0 Å². The molecule has 0 heterocycles. The third-order valence-corrected chi connectivity index (χ3v) is 11.2. The molecule has 3 aliphatic rings. The summed E-state index contributed by atoms with van der Waals surface area (Å²) in [6, 6.07) is 8.76. The Labute approximate surface area is 143 Å². The topological polar surface area (TPSA) is 0 Å². The van der Waals surface area contributed by atoms with Crippen LogP contribution < -0.4 is 0 Å². The summed E-state index contributed by atoms with van der Waals surface area (Å²) in [5.41, 5.74) is 2.91. The van der Waals surface area contributed by atoms with Gasteiger partial charge in [0.25, 0.3) is 0 Å². The standard InChI is InChI=1S/C12H9Br5/c13-9-7-5-3-1-2-4-6(5)8(10(9)14)12(16,17)11(7)15/h1-4,7-11H/t7-,8+,9-,10-,11-/m1/s1. The van der Waals surface area contributed by atoms with E-state index in [2.05, 4.69) is 104 Å². The number of hydrogen-bond acceptors (Lipinski definition) is 0. The summed E-state index contributed by atoms with van der Waals surface area (Å²) >= 11 is 19.3. The Bertz CT molecular complexity index is 458. The maximum absolute atomic E-state index is 3.87. The zero-order valence-electron chi connectivity index (χ0n) is 8.59. The van der Waals surface area contributed by atoms with Crippen molar-refractivity contribution in [1.29, 1.82) is 0 Å². The Morgan fingerprint density at radius 3 is 2.12 bits per heavy atom. The van der Waals surface area contributed by atoms with Crippen molar-refractivity contribution in [1.82, 2.24) is 0 Å². The van der Waals surface area contributed by atoms with E-state index in [-0.39, 0.29) is 3.23 Å². The molecular weight excluding hydrogens is 544 g/mol. The van der Waals surface area contributed by atoms with Crippen LogP contribution in [0.5, 0.6) is 0 Å². The molecule has 0 radical (unpaired) electrons. The van der Waals surface area contributed by atoms with Crippen molar-refractivity contribution >= 4 is 79.6 Å². The van der Waals surface area contributed by atoms with Gasteiger partial charge in [-0.1, -0.05) is 104 Å². The molecule has 0 spiro atoms. The summed E-state index contributed by atoms with van der Waals surface area (Å²) in [4.78, 5) is 1.25. The molecule has 2 bridgehead atoms. The Balaban J connectivity index is 2.25. The summed E-state index contributed by atoms with van der Waals surface area (Å²) in [5.74, 6) is 0.858. The van der Waals surface area contributed by atoms with Crippen LogP contribution in [-0.4, -0.2) is 17.7 Å². The minimum Gasteiger partial charge on any atom is -0.0871 e. The molecule has 3 aliphatic carbocycles. The quantitative estimate of drug-likeness (QED) is 0.365. The molecular formula is C12H9Br5. The number of hydrogen-bond donors (Lipinski definition) is 0. The lowest BCUT2D eigenvalue weighted by atomic mass is 9.66. The number of fused-ring (bicyclic) bond motifs is 2. The fraction of sp³-hybridized carbons (Fsp3) is 0.500. The zero-order valence-corrected chi connectivity index (χ0v) is 16.5. The maximum Gasteiger partial charge on any atom is 0.101 e. The van der Waals surface area contributed by atoms with E-state index in [9.17, 15) is 0 Å².